The molecule has 1 aliphatic rings. The van der Waals surface area contributed by atoms with E-state index in [1.54, 1.807) is 13.8 Å². The molecule has 0 amide bonds. The molecule has 0 bridgehead atoms. The molecule has 36 heavy (non-hydrogen) atoms. The molecule has 1 rings (SSSR count). The number of carbonyl (C=O) groups is 4. The van der Waals surface area contributed by atoms with Crippen molar-refractivity contribution in [1.29, 1.82) is 0 Å². The Morgan fingerprint density at radius 3 is 1.64 bits per heavy atom. The van der Waals surface area contributed by atoms with Gasteiger partial charge in [0.25, 0.3) is 0 Å². The van der Waals surface area contributed by atoms with Crippen LogP contribution in [0.3, 0.4) is 0 Å². The zero-order chi connectivity index (χ0) is 27.2. The monoisotopic (exact) mass is 504 g/mol. The molecule has 204 valence electrons. The van der Waals surface area contributed by atoms with Crippen molar-refractivity contribution in [2.75, 3.05) is 13.2 Å². The number of ether oxygens (including phenoxy) is 2. The van der Waals surface area contributed by atoms with E-state index in [0.717, 1.165) is 51.4 Å². The molecule has 6 nitrogen and oxygen atoms in total. The van der Waals surface area contributed by atoms with Gasteiger partial charge >= 0.3 is 11.9 Å². The summed E-state index contributed by atoms with van der Waals surface area (Å²) in [4.78, 5) is 50.4. The number of esters is 2. The molecule has 0 atom stereocenters. The molecule has 0 aliphatic heterocycles. The smallest absolute Gasteiger partial charge is 0.306 e. The van der Waals surface area contributed by atoms with Crippen molar-refractivity contribution in [1.82, 2.24) is 0 Å². The largest absolute Gasteiger partial charge is 0.466 e. The van der Waals surface area contributed by atoms with Crippen LogP contribution in [0.2, 0.25) is 0 Å². The average molecular weight is 505 g/mol. The lowest BCUT2D eigenvalue weighted by Crippen LogP contribution is -2.31. The van der Waals surface area contributed by atoms with Crippen LogP contribution in [0, 0.1) is 10.8 Å². The molecule has 0 aromatic carbocycles. The summed E-state index contributed by atoms with van der Waals surface area (Å²) in [6.07, 6.45) is 12.6. The Morgan fingerprint density at radius 1 is 0.667 bits per heavy atom. The van der Waals surface area contributed by atoms with Crippen LogP contribution in [0.15, 0.2) is 23.3 Å². The quantitative estimate of drug-likeness (QED) is 0.115. The van der Waals surface area contributed by atoms with Crippen LogP contribution in [-0.4, -0.2) is 36.7 Å². The second-order valence-electron chi connectivity index (χ2n) is 11.2. The van der Waals surface area contributed by atoms with Gasteiger partial charge < -0.3 is 9.47 Å². The first-order chi connectivity index (χ1) is 16.9. The molecule has 0 radical (unpaired) electrons. The summed E-state index contributed by atoms with van der Waals surface area (Å²) in [5.74, 6) is -1.03. The summed E-state index contributed by atoms with van der Waals surface area (Å²) < 4.78 is 10.6. The topological polar surface area (TPSA) is 86.7 Å². The van der Waals surface area contributed by atoms with Crippen LogP contribution < -0.4 is 0 Å². The van der Waals surface area contributed by atoms with Gasteiger partial charge in [-0.1, -0.05) is 80.1 Å². The van der Waals surface area contributed by atoms with Crippen molar-refractivity contribution >= 4 is 23.5 Å². The number of hydrogen-bond donors (Lipinski definition) is 0. The summed E-state index contributed by atoms with van der Waals surface area (Å²) in [5.41, 5.74) is -0.585. The van der Waals surface area contributed by atoms with Gasteiger partial charge in [0.05, 0.1) is 19.6 Å². The summed E-state index contributed by atoms with van der Waals surface area (Å²) in [6, 6.07) is 0. The predicted molar refractivity (Wildman–Crippen MR) is 142 cm³/mol. The van der Waals surface area contributed by atoms with E-state index in [1.807, 2.05) is 13.8 Å². The Balaban J connectivity index is 2.61. The maximum atomic E-state index is 13.0. The zero-order valence-electron chi connectivity index (χ0n) is 23.5. The molecule has 0 saturated heterocycles. The number of rotatable bonds is 18. The highest BCUT2D eigenvalue weighted by Gasteiger charge is 2.37. The van der Waals surface area contributed by atoms with E-state index >= 15 is 0 Å². The molecular weight excluding hydrogens is 456 g/mol. The summed E-state index contributed by atoms with van der Waals surface area (Å²) in [6.45, 7) is 12.5. The van der Waals surface area contributed by atoms with Crippen molar-refractivity contribution in [3.05, 3.63) is 23.3 Å². The first-order valence-corrected chi connectivity index (χ1v) is 13.8. The minimum Gasteiger partial charge on any atom is -0.466 e. The Morgan fingerprint density at radius 2 is 1.14 bits per heavy atom. The van der Waals surface area contributed by atoms with E-state index in [1.165, 1.54) is 12.2 Å². The number of carbonyl (C=O) groups excluding carboxylic acids is 4. The number of allylic oxidation sites excluding steroid dienone is 4. The molecule has 0 spiro atoms. The molecular formula is C30H48O6. The minimum absolute atomic E-state index is 0.0404. The van der Waals surface area contributed by atoms with Gasteiger partial charge in [0.1, 0.15) is 0 Å². The first-order valence-electron chi connectivity index (χ1n) is 13.8. The van der Waals surface area contributed by atoms with Crippen LogP contribution in [0.25, 0.3) is 0 Å². The number of hydrogen-bond acceptors (Lipinski definition) is 6. The second kappa shape index (κ2) is 15.8. The molecule has 0 fully saturated rings. The third kappa shape index (κ3) is 11.2. The van der Waals surface area contributed by atoms with E-state index in [9.17, 15) is 19.2 Å². The fourth-order valence-electron chi connectivity index (χ4n) is 4.44. The average Bonchev–Trinajstić information content (AvgIpc) is 2.79. The molecule has 1 aliphatic carbocycles. The van der Waals surface area contributed by atoms with Gasteiger partial charge in [0.2, 0.25) is 0 Å². The summed E-state index contributed by atoms with van der Waals surface area (Å²) >= 11 is 0. The molecule has 0 aromatic heterocycles. The highest BCUT2D eigenvalue weighted by atomic mass is 16.5. The van der Waals surface area contributed by atoms with Gasteiger partial charge in [0, 0.05) is 23.0 Å². The Kier molecular flexibility index (Phi) is 13.9. The van der Waals surface area contributed by atoms with E-state index < -0.39 is 10.8 Å². The van der Waals surface area contributed by atoms with Gasteiger partial charge in [-0.2, -0.15) is 0 Å². The zero-order valence-corrected chi connectivity index (χ0v) is 23.5. The lowest BCUT2D eigenvalue weighted by Gasteiger charge is -2.32. The van der Waals surface area contributed by atoms with Gasteiger partial charge in [-0.15, -0.1) is 0 Å². The fraction of sp³-hybridized carbons (Fsp3) is 0.733. The minimum atomic E-state index is -0.805. The SMILES string of the molecule is CCCCCCOC(=O)CCCC(C)(C)C1=CC(=O)C(C(C)(C)CC(=O)OCCCCCC)=CC1=O. The number of ketones is 2. The lowest BCUT2D eigenvalue weighted by atomic mass is 9.71. The lowest BCUT2D eigenvalue weighted by molar-refractivity contribution is -0.146. The molecule has 0 aromatic rings. The van der Waals surface area contributed by atoms with E-state index in [0.29, 0.717) is 43.6 Å². The van der Waals surface area contributed by atoms with Gasteiger partial charge in [-0.05, 0) is 43.3 Å². The predicted octanol–water partition coefficient (Wildman–Crippen LogP) is 6.85. The van der Waals surface area contributed by atoms with E-state index in [-0.39, 0.29) is 29.9 Å². The maximum Gasteiger partial charge on any atom is 0.306 e. The van der Waals surface area contributed by atoms with E-state index in [4.69, 9.17) is 9.47 Å². The van der Waals surface area contributed by atoms with E-state index in [2.05, 4.69) is 13.8 Å². The van der Waals surface area contributed by atoms with Crippen molar-refractivity contribution in [2.24, 2.45) is 10.8 Å². The van der Waals surface area contributed by atoms with Gasteiger partial charge in [-0.3, -0.25) is 19.2 Å². The van der Waals surface area contributed by atoms with Crippen molar-refractivity contribution < 1.29 is 28.7 Å². The molecule has 0 N–H and O–H groups in total. The normalized spacial score (nSPS) is 14.4. The van der Waals surface area contributed by atoms with Crippen LogP contribution in [0.5, 0.6) is 0 Å². The second-order valence-corrected chi connectivity index (χ2v) is 11.2. The van der Waals surface area contributed by atoms with Crippen molar-refractivity contribution in [3.8, 4) is 0 Å². The van der Waals surface area contributed by atoms with Crippen LogP contribution in [0.1, 0.15) is 119 Å². The molecule has 0 heterocycles. The van der Waals surface area contributed by atoms with Crippen LogP contribution in [0.4, 0.5) is 0 Å². The molecule has 6 heteroatoms. The van der Waals surface area contributed by atoms with Crippen LogP contribution >= 0.6 is 0 Å². The third-order valence-corrected chi connectivity index (χ3v) is 6.83. The van der Waals surface area contributed by atoms with Gasteiger partial charge in [0.15, 0.2) is 11.6 Å². The highest BCUT2D eigenvalue weighted by molar-refractivity contribution is 6.21. The first kappa shape index (κ1) is 31.8. The Hall–Kier alpha value is -2.24. The number of unbranched alkanes of at least 4 members (excludes halogenated alkanes) is 6. The third-order valence-electron chi connectivity index (χ3n) is 6.83. The fourth-order valence-corrected chi connectivity index (χ4v) is 4.44. The standard InChI is InChI=1S/C30H48O6/c1-7-9-11-13-18-35-27(33)16-15-17-29(3,4)23-20-26(32)24(21-25(23)31)30(5,6)22-28(34)36-19-14-12-10-8-2/h20-21H,7-19,22H2,1-6H3. The van der Waals surface area contributed by atoms with Crippen molar-refractivity contribution in [3.63, 3.8) is 0 Å². The maximum absolute atomic E-state index is 13.0. The highest BCUT2D eigenvalue weighted by Crippen LogP contribution is 2.39. The Bertz CT molecular complexity index is 815. The Labute approximate surface area is 218 Å². The summed E-state index contributed by atoms with van der Waals surface area (Å²) in [5, 5.41) is 0. The summed E-state index contributed by atoms with van der Waals surface area (Å²) in [7, 11) is 0. The molecule has 0 saturated carbocycles. The van der Waals surface area contributed by atoms with Crippen molar-refractivity contribution in [2.45, 2.75) is 119 Å². The van der Waals surface area contributed by atoms with Gasteiger partial charge in [-0.25, -0.2) is 0 Å². The molecule has 0 unspecified atom stereocenters. The van der Waals surface area contributed by atoms with Crippen LogP contribution in [-0.2, 0) is 28.7 Å².